The Kier molecular flexibility index (Phi) is 5.21. The van der Waals surface area contributed by atoms with E-state index in [4.69, 9.17) is 16.6 Å². The minimum Gasteiger partial charge on any atom is -0.330 e. The molecule has 2 heterocycles. The Bertz CT molecular complexity index is 925. The molecule has 3 nitrogen and oxygen atoms in total. The Morgan fingerprint density at radius 3 is 2.56 bits per heavy atom. The average Bonchev–Trinajstić information content (AvgIpc) is 3.20. The first-order chi connectivity index (χ1) is 13.2. The van der Waals surface area contributed by atoms with Crippen LogP contribution in [0.15, 0.2) is 72.8 Å². The summed E-state index contributed by atoms with van der Waals surface area (Å²) in [6, 6.07) is 23.5. The van der Waals surface area contributed by atoms with Crippen LogP contribution in [0.2, 0.25) is 5.02 Å². The Morgan fingerprint density at radius 2 is 1.78 bits per heavy atom. The Morgan fingerprint density at radius 1 is 1.00 bits per heavy atom. The highest BCUT2D eigenvalue weighted by atomic mass is 35.5. The van der Waals surface area contributed by atoms with Crippen molar-refractivity contribution in [3.05, 3.63) is 100 Å². The van der Waals surface area contributed by atoms with Crippen molar-refractivity contribution in [2.45, 2.75) is 25.3 Å². The lowest BCUT2D eigenvalue weighted by molar-refractivity contribution is 0.0733. The SMILES string of the molecule is O=C(c1ccccc1)N1CCC[C@H]1c1cccc(Cc2ccc(Cl)cc2)n1. The Balaban J connectivity index is 1.55. The highest BCUT2D eigenvalue weighted by Crippen LogP contribution is 2.32. The largest absolute Gasteiger partial charge is 0.330 e. The van der Waals surface area contributed by atoms with Crippen molar-refractivity contribution in [2.75, 3.05) is 6.54 Å². The fraction of sp³-hybridized carbons (Fsp3) is 0.217. The normalized spacial score (nSPS) is 16.5. The van der Waals surface area contributed by atoms with Crippen LogP contribution < -0.4 is 0 Å². The van der Waals surface area contributed by atoms with Crippen molar-refractivity contribution in [2.24, 2.45) is 0 Å². The number of benzene rings is 2. The molecule has 27 heavy (non-hydrogen) atoms. The van der Waals surface area contributed by atoms with Gasteiger partial charge in [-0.1, -0.05) is 48.0 Å². The quantitative estimate of drug-likeness (QED) is 0.618. The van der Waals surface area contributed by atoms with Gasteiger partial charge in [-0.25, -0.2) is 0 Å². The molecule has 1 amide bonds. The van der Waals surface area contributed by atoms with Crippen molar-refractivity contribution >= 4 is 17.5 Å². The zero-order valence-electron chi connectivity index (χ0n) is 15.0. The number of hydrogen-bond acceptors (Lipinski definition) is 2. The van der Waals surface area contributed by atoms with Crippen LogP contribution in [-0.2, 0) is 6.42 Å². The van der Waals surface area contributed by atoms with Gasteiger partial charge in [0.15, 0.2) is 0 Å². The summed E-state index contributed by atoms with van der Waals surface area (Å²) < 4.78 is 0. The van der Waals surface area contributed by atoms with Crippen molar-refractivity contribution in [3.63, 3.8) is 0 Å². The van der Waals surface area contributed by atoms with Crippen LogP contribution in [0.3, 0.4) is 0 Å². The third kappa shape index (κ3) is 4.04. The molecule has 0 aliphatic carbocycles. The first kappa shape index (κ1) is 17.7. The number of hydrogen-bond donors (Lipinski definition) is 0. The molecule has 4 heteroatoms. The molecule has 0 N–H and O–H groups in total. The van der Waals surface area contributed by atoms with E-state index in [1.165, 1.54) is 5.56 Å². The van der Waals surface area contributed by atoms with E-state index in [2.05, 4.69) is 0 Å². The summed E-state index contributed by atoms with van der Waals surface area (Å²) in [5.41, 5.74) is 3.89. The summed E-state index contributed by atoms with van der Waals surface area (Å²) in [4.78, 5) is 19.8. The molecule has 0 saturated carbocycles. The molecule has 0 unspecified atom stereocenters. The van der Waals surface area contributed by atoms with Crippen molar-refractivity contribution in [3.8, 4) is 0 Å². The zero-order chi connectivity index (χ0) is 18.6. The van der Waals surface area contributed by atoms with Gasteiger partial charge in [0.05, 0.1) is 11.7 Å². The molecule has 1 aliphatic rings. The standard InChI is InChI=1S/C23H21ClN2O/c24-19-13-11-17(12-14-19)16-20-8-4-9-21(25-20)22-10-5-15-26(22)23(27)18-6-2-1-3-7-18/h1-4,6-9,11-14,22H,5,10,15-16H2/t22-/m0/s1. The van der Waals surface area contributed by atoms with E-state index in [1.807, 2.05) is 77.7 Å². The van der Waals surface area contributed by atoms with Crippen LogP contribution >= 0.6 is 11.6 Å². The number of carbonyl (C=O) groups excluding carboxylic acids is 1. The molecule has 0 radical (unpaired) electrons. The second kappa shape index (κ2) is 7.93. The van der Waals surface area contributed by atoms with Gasteiger partial charge < -0.3 is 4.90 Å². The lowest BCUT2D eigenvalue weighted by atomic mass is 10.1. The van der Waals surface area contributed by atoms with Gasteiger partial charge in [0.25, 0.3) is 5.91 Å². The summed E-state index contributed by atoms with van der Waals surface area (Å²) in [6.45, 7) is 0.779. The number of carbonyl (C=O) groups is 1. The smallest absolute Gasteiger partial charge is 0.254 e. The topological polar surface area (TPSA) is 33.2 Å². The molecule has 0 bridgehead atoms. The minimum absolute atomic E-state index is 0.0443. The van der Waals surface area contributed by atoms with E-state index >= 15 is 0 Å². The van der Waals surface area contributed by atoms with Gasteiger partial charge in [-0.2, -0.15) is 0 Å². The third-order valence-electron chi connectivity index (χ3n) is 5.00. The fourth-order valence-electron chi connectivity index (χ4n) is 3.66. The van der Waals surface area contributed by atoms with E-state index in [1.54, 1.807) is 0 Å². The number of rotatable bonds is 4. The second-order valence-corrected chi connectivity index (χ2v) is 7.32. The molecule has 1 aliphatic heterocycles. The third-order valence-corrected chi connectivity index (χ3v) is 5.25. The zero-order valence-corrected chi connectivity index (χ0v) is 15.8. The van der Waals surface area contributed by atoms with Crippen LogP contribution in [0.25, 0.3) is 0 Å². The predicted molar refractivity (Wildman–Crippen MR) is 108 cm³/mol. The predicted octanol–water partition coefficient (Wildman–Crippen LogP) is 5.30. The number of halogens is 1. The van der Waals surface area contributed by atoms with Gasteiger partial charge in [0.2, 0.25) is 0 Å². The molecule has 0 spiro atoms. The lowest BCUT2D eigenvalue weighted by Crippen LogP contribution is -2.31. The van der Waals surface area contributed by atoms with E-state index in [0.717, 1.165) is 47.8 Å². The van der Waals surface area contributed by atoms with Crippen molar-refractivity contribution < 1.29 is 4.79 Å². The summed E-state index contributed by atoms with van der Waals surface area (Å²) in [5.74, 6) is 0.0861. The maximum Gasteiger partial charge on any atom is 0.254 e. The molecular formula is C23H21ClN2O. The second-order valence-electron chi connectivity index (χ2n) is 6.88. The molecular weight excluding hydrogens is 356 g/mol. The minimum atomic E-state index is 0.0443. The molecule has 1 aromatic heterocycles. The van der Waals surface area contributed by atoms with Gasteiger partial charge in [-0.3, -0.25) is 9.78 Å². The summed E-state index contributed by atoms with van der Waals surface area (Å²) in [5, 5.41) is 0.737. The van der Waals surface area contributed by atoms with E-state index in [-0.39, 0.29) is 11.9 Å². The molecule has 1 fully saturated rings. The van der Waals surface area contributed by atoms with Crippen molar-refractivity contribution in [1.29, 1.82) is 0 Å². The molecule has 4 rings (SSSR count). The number of likely N-dealkylation sites (tertiary alicyclic amines) is 1. The van der Waals surface area contributed by atoms with Crippen LogP contribution in [0, 0.1) is 0 Å². The van der Waals surface area contributed by atoms with Gasteiger partial charge >= 0.3 is 0 Å². The first-order valence-electron chi connectivity index (χ1n) is 9.27. The summed E-state index contributed by atoms with van der Waals surface area (Å²) >= 11 is 5.97. The fourth-order valence-corrected chi connectivity index (χ4v) is 3.78. The van der Waals surface area contributed by atoms with E-state index < -0.39 is 0 Å². The Labute approximate surface area is 164 Å². The maximum absolute atomic E-state index is 12.9. The van der Waals surface area contributed by atoms with Gasteiger partial charge in [-0.05, 0) is 54.8 Å². The molecule has 2 aromatic carbocycles. The van der Waals surface area contributed by atoms with Crippen LogP contribution in [0.4, 0.5) is 0 Å². The highest BCUT2D eigenvalue weighted by molar-refractivity contribution is 6.30. The van der Waals surface area contributed by atoms with Crippen molar-refractivity contribution in [1.82, 2.24) is 9.88 Å². The Hall–Kier alpha value is -2.65. The van der Waals surface area contributed by atoms with Gasteiger partial charge in [-0.15, -0.1) is 0 Å². The first-order valence-corrected chi connectivity index (χ1v) is 9.65. The number of pyridine rings is 1. The van der Waals surface area contributed by atoms with Gasteiger partial charge in [0, 0.05) is 29.2 Å². The number of aromatic nitrogens is 1. The summed E-state index contributed by atoms with van der Waals surface area (Å²) in [6.07, 6.45) is 2.71. The molecule has 1 atom stereocenters. The van der Waals surface area contributed by atoms with Crippen LogP contribution in [0.5, 0.6) is 0 Å². The number of amides is 1. The monoisotopic (exact) mass is 376 g/mol. The van der Waals surface area contributed by atoms with Gasteiger partial charge in [0.1, 0.15) is 0 Å². The molecule has 1 saturated heterocycles. The maximum atomic E-state index is 12.9. The highest BCUT2D eigenvalue weighted by Gasteiger charge is 2.31. The lowest BCUT2D eigenvalue weighted by Gasteiger charge is -2.25. The van der Waals surface area contributed by atoms with Crippen LogP contribution in [0.1, 0.15) is 46.2 Å². The van der Waals surface area contributed by atoms with E-state index in [9.17, 15) is 4.79 Å². The average molecular weight is 377 g/mol. The van der Waals surface area contributed by atoms with E-state index in [0.29, 0.717) is 0 Å². The molecule has 136 valence electrons. The summed E-state index contributed by atoms with van der Waals surface area (Å²) in [7, 11) is 0. The molecule has 3 aromatic rings. The van der Waals surface area contributed by atoms with Crippen LogP contribution in [-0.4, -0.2) is 22.3 Å². The number of nitrogens with zero attached hydrogens (tertiary/aromatic N) is 2.